The minimum atomic E-state index is -0.522. The van der Waals surface area contributed by atoms with Crippen molar-refractivity contribution in [2.24, 2.45) is 0 Å². The molecule has 2 heterocycles. The molecule has 9 heteroatoms. The summed E-state index contributed by atoms with van der Waals surface area (Å²) in [5.74, 6) is 0.222. The van der Waals surface area contributed by atoms with E-state index in [4.69, 9.17) is 0 Å². The van der Waals surface area contributed by atoms with Crippen molar-refractivity contribution >= 4 is 28.2 Å². The second-order valence-electron chi connectivity index (χ2n) is 6.55. The molecule has 0 atom stereocenters. The Hall–Kier alpha value is -4.01. The highest BCUT2D eigenvalue weighted by Crippen LogP contribution is 2.19. The standard InChI is InChI=1S/C20H18N6O3/c27-20(9-11-24-14-17(12-21-24)26(28)29)22-19-8-10-25(23-19)13-16-6-3-5-15-4-1-2-7-18(15)16/h1-8,10,12,14H,9,11,13H2,(H,22,23,27). The minimum Gasteiger partial charge on any atom is -0.309 e. The predicted molar refractivity (Wildman–Crippen MR) is 107 cm³/mol. The summed E-state index contributed by atoms with van der Waals surface area (Å²) in [4.78, 5) is 22.3. The van der Waals surface area contributed by atoms with Gasteiger partial charge in [0, 0.05) is 25.2 Å². The van der Waals surface area contributed by atoms with Crippen LogP contribution in [0, 0.1) is 10.1 Å². The first-order chi connectivity index (χ1) is 14.1. The van der Waals surface area contributed by atoms with Crippen LogP contribution in [0.3, 0.4) is 0 Å². The van der Waals surface area contributed by atoms with Crippen molar-refractivity contribution < 1.29 is 9.72 Å². The third kappa shape index (κ3) is 4.29. The predicted octanol–water partition coefficient (Wildman–Crippen LogP) is 3.22. The van der Waals surface area contributed by atoms with Gasteiger partial charge in [0.2, 0.25) is 5.91 Å². The van der Waals surface area contributed by atoms with Crippen LogP contribution in [0.5, 0.6) is 0 Å². The quantitative estimate of drug-likeness (QED) is 0.385. The molecule has 0 unspecified atom stereocenters. The van der Waals surface area contributed by atoms with Gasteiger partial charge in [-0.2, -0.15) is 10.2 Å². The van der Waals surface area contributed by atoms with Crippen LogP contribution in [0.4, 0.5) is 11.5 Å². The molecule has 2 aromatic carbocycles. The molecule has 146 valence electrons. The average molecular weight is 390 g/mol. The molecule has 4 aromatic rings. The Morgan fingerprint density at radius 1 is 1.10 bits per heavy atom. The lowest BCUT2D eigenvalue weighted by atomic mass is 10.0. The highest BCUT2D eigenvalue weighted by atomic mass is 16.6. The van der Waals surface area contributed by atoms with Crippen molar-refractivity contribution in [1.82, 2.24) is 19.6 Å². The minimum absolute atomic E-state index is 0.0995. The van der Waals surface area contributed by atoms with Crippen LogP contribution < -0.4 is 5.32 Å². The molecule has 1 N–H and O–H groups in total. The number of aryl methyl sites for hydroxylation is 1. The Labute approximate surface area is 165 Å². The lowest BCUT2D eigenvalue weighted by Crippen LogP contribution is -2.15. The number of carbonyl (C=O) groups excluding carboxylic acids is 1. The molecule has 0 aliphatic heterocycles. The number of benzene rings is 2. The number of aromatic nitrogens is 4. The Kier molecular flexibility index (Phi) is 5.02. The zero-order chi connectivity index (χ0) is 20.2. The van der Waals surface area contributed by atoms with E-state index in [9.17, 15) is 14.9 Å². The molecule has 2 aromatic heterocycles. The maximum absolute atomic E-state index is 12.1. The summed E-state index contributed by atoms with van der Waals surface area (Å²) in [6, 6.07) is 16.1. The van der Waals surface area contributed by atoms with Gasteiger partial charge in [-0.15, -0.1) is 0 Å². The van der Waals surface area contributed by atoms with E-state index in [2.05, 4.69) is 39.8 Å². The van der Waals surface area contributed by atoms with Crippen molar-refractivity contribution in [3.63, 3.8) is 0 Å². The molecule has 9 nitrogen and oxygen atoms in total. The first kappa shape index (κ1) is 18.4. The van der Waals surface area contributed by atoms with Crippen molar-refractivity contribution in [1.29, 1.82) is 0 Å². The first-order valence-corrected chi connectivity index (χ1v) is 9.05. The van der Waals surface area contributed by atoms with Gasteiger partial charge in [-0.05, 0) is 16.3 Å². The number of nitrogens with one attached hydrogen (secondary N) is 1. The number of rotatable bonds is 7. The molecular weight excluding hydrogens is 372 g/mol. The van der Waals surface area contributed by atoms with Crippen LogP contribution in [-0.4, -0.2) is 30.4 Å². The van der Waals surface area contributed by atoms with Crippen LogP contribution in [0.25, 0.3) is 10.8 Å². The summed E-state index contributed by atoms with van der Waals surface area (Å²) in [6.45, 7) is 0.838. The molecule has 0 aliphatic rings. The number of hydrogen-bond donors (Lipinski definition) is 1. The second kappa shape index (κ2) is 7.93. The maximum atomic E-state index is 12.1. The van der Waals surface area contributed by atoms with E-state index in [1.54, 1.807) is 10.7 Å². The molecule has 0 fully saturated rings. The van der Waals surface area contributed by atoms with Gasteiger partial charge in [-0.1, -0.05) is 42.5 Å². The second-order valence-corrected chi connectivity index (χ2v) is 6.55. The average Bonchev–Trinajstić information content (AvgIpc) is 3.36. The van der Waals surface area contributed by atoms with Crippen LogP contribution >= 0.6 is 0 Å². The van der Waals surface area contributed by atoms with E-state index in [-0.39, 0.29) is 24.6 Å². The van der Waals surface area contributed by atoms with Crippen molar-refractivity contribution in [3.8, 4) is 0 Å². The van der Waals surface area contributed by atoms with E-state index in [0.29, 0.717) is 12.4 Å². The number of fused-ring (bicyclic) bond motifs is 1. The Bertz CT molecular complexity index is 1170. The fourth-order valence-electron chi connectivity index (χ4n) is 3.11. The Morgan fingerprint density at radius 3 is 2.76 bits per heavy atom. The van der Waals surface area contributed by atoms with Gasteiger partial charge in [0.25, 0.3) is 0 Å². The number of hydrogen-bond acceptors (Lipinski definition) is 5. The van der Waals surface area contributed by atoms with Crippen LogP contribution in [-0.2, 0) is 17.9 Å². The van der Waals surface area contributed by atoms with Crippen LogP contribution in [0.15, 0.2) is 67.1 Å². The smallest absolute Gasteiger partial charge is 0.306 e. The fraction of sp³-hybridized carbons (Fsp3) is 0.150. The van der Waals surface area contributed by atoms with Gasteiger partial charge >= 0.3 is 5.69 Å². The molecule has 0 aliphatic carbocycles. The number of amides is 1. The summed E-state index contributed by atoms with van der Waals surface area (Å²) < 4.78 is 3.14. The van der Waals surface area contributed by atoms with Crippen LogP contribution in [0.1, 0.15) is 12.0 Å². The maximum Gasteiger partial charge on any atom is 0.306 e. The molecule has 0 radical (unpaired) electrons. The molecule has 1 amide bonds. The summed E-state index contributed by atoms with van der Waals surface area (Å²) >= 11 is 0. The van der Waals surface area contributed by atoms with Gasteiger partial charge in [0.05, 0.1) is 11.5 Å². The van der Waals surface area contributed by atoms with Gasteiger partial charge in [0.1, 0.15) is 12.4 Å². The lowest BCUT2D eigenvalue weighted by Gasteiger charge is -2.07. The molecule has 0 saturated carbocycles. The number of carbonyl (C=O) groups is 1. The lowest BCUT2D eigenvalue weighted by molar-refractivity contribution is -0.385. The third-order valence-electron chi connectivity index (χ3n) is 4.52. The fourth-order valence-corrected chi connectivity index (χ4v) is 3.11. The topological polar surface area (TPSA) is 108 Å². The van der Waals surface area contributed by atoms with Gasteiger partial charge < -0.3 is 5.32 Å². The van der Waals surface area contributed by atoms with Gasteiger partial charge in [-0.3, -0.25) is 24.3 Å². The highest BCUT2D eigenvalue weighted by Gasteiger charge is 2.11. The highest BCUT2D eigenvalue weighted by molar-refractivity contribution is 5.89. The van der Waals surface area contributed by atoms with Crippen molar-refractivity contribution in [2.75, 3.05) is 5.32 Å². The van der Waals surface area contributed by atoms with E-state index in [1.807, 2.05) is 24.4 Å². The monoisotopic (exact) mass is 390 g/mol. The molecular formula is C20H18N6O3. The van der Waals surface area contributed by atoms with E-state index >= 15 is 0 Å². The van der Waals surface area contributed by atoms with E-state index in [1.165, 1.54) is 21.7 Å². The van der Waals surface area contributed by atoms with Crippen molar-refractivity contribution in [2.45, 2.75) is 19.5 Å². The molecule has 0 bridgehead atoms. The van der Waals surface area contributed by atoms with Gasteiger partial charge in [0.15, 0.2) is 5.82 Å². The molecule has 4 rings (SSSR count). The number of nitrogens with zero attached hydrogens (tertiary/aromatic N) is 5. The van der Waals surface area contributed by atoms with Crippen LogP contribution in [0.2, 0.25) is 0 Å². The SMILES string of the molecule is O=C(CCn1cc([N+](=O)[O-])cn1)Nc1ccn(Cc2cccc3ccccc23)n1. The number of anilines is 1. The largest absolute Gasteiger partial charge is 0.309 e. The Balaban J connectivity index is 1.36. The van der Waals surface area contributed by atoms with Crippen molar-refractivity contribution in [3.05, 3.63) is 82.8 Å². The summed E-state index contributed by atoms with van der Waals surface area (Å²) in [7, 11) is 0. The Morgan fingerprint density at radius 2 is 1.93 bits per heavy atom. The third-order valence-corrected chi connectivity index (χ3v) is 4.52. The van der Waals surface area contributed by atoms with E-state index < -0.39 is 4.92 Å². The molecule has 0 saturated heterocycles. The summed E-state index contributed by atoms with van der Waals surface area (Å²) in [6.07, 6.45) is 4.41. The summed E-state index contributed by atoms with van der Waals surface area (Å²) in [5, 5.41) is 24.0. The molecule has 29 heavy (non-hydrogen) atoms. The zero-order valence-corrected chi connectivity index (χ0v) is 15.4. The zero-order valence-electron chi connectivity index (χ0n) is 15.4. The molecule has 0 spiro atoms. The normalized spacial score (nSPS) is 10.9. The first-order valence-electron chi connectivity index (χ1n) is 9.05. The number of nitro groups is 1. The van der Waals surface area contributed by atoms with E-state index in [0.717, 1.165) is 11.8 Å². The summed E-state index contributed by atoms with van der Waals surface area (Å²) in [5.41, 5.74) is 1.04. The van der Waals surface area contributed by atoms with Gasteiger partial charge in [-0.25, -0.2) is 0 Å².